The fourth-order valence-electron chi connectivity index (χ4n) is 1.59. The molecule has 0 bridgehead atoms. The molecule has 1 fully saturated rings. The number of quaternary nitrogens is 1. The standard InChI is InChI=1S/C9H18NO/c1-4-10(9(2)3)5-7-11-8-6-10/h4,9H,1,5-8H2,2-3H3/q+1. The lowest BCUT2D eigenvalue weighted by molar-refractivity contribution is -0.907. The molecule has 11 heavy (non-hydrogen) atoms. The van der Waals surface area contributed by atoms with Gasteiger partial charge in [-0.3, -0.25) is 4.48 Å². The van der Waals surface area contributed by atoms with E-state index in [2.05, 4.69) is 26.6 Å². The topological polar surface area (TPSA) is 9.23 Å². The van der Waals surface area contributed by atoms with E-state index in [9.17, 15) is 0 Å². The Bertz CT molecular complexity index is 136. The van der Waals surface area contributed by atoms with Crippen molar-refractivity contribution in [3.05, 3.63) is 12.8 Å². The van der Waals surface area contributed by atoms with Crippen molar-refractivity contribution in [2.75, 3.05) is 26.3 Å². The Balaban J connectivity index is 2.64. The largest absolute Gasteiger partial charge is 0.370 e. The highest BCUT2D eigenvalue weighted by Crippen LogP contribution is 2.16. The molecule has 0 unspecified atom stereocenters. The summed E-state index contributed by atoms with van der Waals surface area (Å²) in [5, 5.41) is 0. The molecule has 2 heteroatoms. The first-order valence-electron chi connectivity index (χ1n) is 4.29. The molecule has 0 amide bonds. The average Bonchev–Trinajstić information content (AvgIpc) is 2.05. The van der Waals surface area contributed by atoms with E-state index in [1.165, 1.54) is 0 Å². The summed E-state index contributed by atoms with van der Waals surface area (Å²) in [6.07, 6.45) is 2.06. The predicted octanol–water partition coefficient (Wildman–Crippen LogP) is 1.39. The monoisotopic (exact) mass is 156 g/mol. The van der Waals surface area contributed by atoms with Crippen molar-refractivity contribution in [3.63, 3.8) is 0 Å². The molecule has 1 aliphatic heterocycles. The fourth-order valence-corrected chi connectivity index (χ4v) is 1.59. The first-order valence-corrected chi connectivity index (χ1v) is 4.29. The number of hydrogen-bond acceptors (Lipinski definition) is 1. The Hall–Kier alpha value is -0.340. The van der Waals surface area contributed by atoms with E-state index >= 15 is 0 Å². The molecule has 0 aliphatic carbocycles. The lowest BCUT2D eigenvalue weighted by Crippen LogP contribution is -2.54. The smallest absolute Gasteiger partial charge is 0.107 e. The highest BCUT2D eigenvalue weighted by Gasteiger charge is 2.30. The maximum atomic E-state index is 5.31. The SMILES string of the molecule is C=C[N+]1(C(C)C)CCOCC1. The van der Waals surface area contributed by atoms with Crippen molar-refractivity contribution in [2.24, 2.45) is 0 Å². The van der Waals surface area contributed by atoms with Crippen LogP contribution in [0.5, 0.6) is 0 Å². The van der Waals surface area contributed by atoms with Gasteiger partial charge in [-0.1, -0.05) is 0 Å². The van der Waals surface area contributed by atoms with Crippen molar-refractivity contribution in [1.82, 2.24) is 0 Å². The highest BCUT2D eigenvalue weighted by molar-refractivity contribution is 4.63. The number of hydrogen-bond donors (Lipinski definition) is 0. The van der Waals surface area contributed by atoms with Gasteiger partial charge in [-0.25, -0.2) is 0 Å². The molecule has 1 aliphatic rings. The molecular formula is C9H18NO+. The highest BCUT2D eigenvalue weighted by atomic mass is 16.5. The molecule has 1 heterocycles. The van der Waals surface area contributed by atoms with E-state index in [0.717, 1.165) is 30.8 Å². The second kappa shape index (κ2) is 3.37. The van der Waals surface area contributed by atoms with Gasteiger partial charge in [0.25, 0.3) is 0 Å². The molecule has 0 radical (unpaired) electrons. The summed E-state index contributed by atoms with van der Waals surface area (Å²) in [5.41, 5.74) is 0. The zero-order valence-electron chi connectivity index (χ0n) is 7.55. The minimum atomic E-state index is 0.636. The van der Waals surface area contributed by atoms with Crippen LogP contribution in [0.2, 0.25) is 0 Å². The summed E-state index contributed by atoms with van der Waals surface area (Å²) in [7, 11) is 0. The van der Waals surface area contributed by atoms with Crippen molar-refractivity contribution in [2.45, 2.75) is 19.9 Å². The van der Waals surface area contributed by atoms with Crippen LogP contribution >= 0.6 is 0 Å². The van der Waals surface area contributed by atoms with Gasteiger partial charge in [-0.2, -0.15) is 0 Å². The van der Waals surface area contributed by atoms with Gasteiger partial charge in [-0.05, 0) is 20.4 Å². The fraction of sp³-hybridized carbons (Fsp3) is 0.778. The van der Waals surface area contributed by atoms with Gasteiger partial charge in [0.2, 0.25) is 0 Å². The van der Waals surface area contributed by atoms with Crippen LogP contribution in [0.3, 0.4) is 0 Å². The zero-order valence-corrected chi connectivity index (χ0v) is 7.55. The predicted molar refractivity (Wildman–Crippen MR) is 46.1 cm³/mol. The third kappa shape index (κ3) is 1.63. The first-order chi connectivity index (χ1) is 5.21. The third-order valence-electron chi connectivity index (χ3n) is 2.70. The maximum absolute atomic E-state index is 5.31. The van der Waals surface area contributed by atoms with Gasteiger partial charge in [0, 0.05) is 0 Å². The summed E-state index contributed by atoms with van der Waals surface area (Å²) in [4.78, 5) is 0. The Labute approximate surface area is 69.0 Å². The molecule has 0 aromatic rings. The summed E-state index contributed by atoms with van der Waals surface area (Å²) in [5.74, 6) is 0. The van der Waals surface area contributed by atoms with Crippen molar-refractivity contribution >= 4 is 0 Å². The van der Waals surface area contributed by atoms with E-state index in [-0.39, 0.29) is 0 Å². The third-order valence-corrected chi connectivity index (χ3v) is 2.70. The average molecular weight is 156 g/mol. The Kier molecular flexibility index (Phi) is 2.68. The van der Waals surface area contributed by atoms with E-state index in [4.69, 9.17) is 4.74 Å². The lowest BCUT2D eigenvalue weighted by Gasteiger charge is -2.41. The van der Waals surface area contributed by atoms with Crippen LogP contribution in [0.1, 0.15) is 13.8 Å². The van der Waals surface area contributed by atoms with E-state index in [0.29, 0.717) is 6.04 Å². The molecule has 0 spiro atoms. The van der Waals surface area contributed by atoms with E-state index in [1.807, 2.05) is 0 Å². The molecule has 0 aromatic heterocycles. The number of morpholine rings is 1. The Morgan fingerprint density at radius 3 is 2.18 bits per heavy atom. The van der Waals surface area contributed by atoms with Crippen LogP contribution in [-0.2, 0) is 4.74 Å². The lowest BCUT2D eigenvalue weighted by atomic mass is 10.2. The molecule has 1 saturated heterocycles. The molecule has 0 saturated carbocycles. The minimum Gasteiger partial charge on any atom is -0.370 e. The first kappa shape index (κ1) is 8.75. The number of rotatable bonds is 2. The van der Waals surface area contributed by atoms with Crippen LogP contribution in [0, 0.1) is 0 Å². The quantitative estimate of drug-likeness (QED) is 0.549. The summed E-state index contributed by atoms with van der Waals surface area (Å²) >= 11 is 0. The second-order valence-corrected chi connectivity index (χ2v) is 3.44. The second-order valence-electron chi connectivity index (χ2n) is 3.44. The Morgan fingerprint density at radius 1 is 1.36 bits per heavy atom. The molecule has 0 N–H and O–H groups in total. The van der Waals surface area contributed by atoms with Crippen LogP contribution in [0.25, 0.3) is 0 Å². The van der Waals surface area contributed by atoms with Crippen LogP contribution in [0.4, 0.5) is 0 Å². The van der Waals surface area contributed by atoms with Gasteiger partial charge in [0.15, 0.2) is 0 Å². The molecule has 1 rings (SSSR count). The van der Waals surface area contributed by atoms with Gasteiger partial charge in [-0.15, -0.1) is 0 Å². The molecular weight excluding hydrogens is 138 g/mol. The van der Waals surface area contributed by atoms with Gasteiger partial charge >= 0.3 is 0 Å². The number of nitrogens with zero attached hydrogens (tertiary/aromatic N) is 1. The minimum absolute atomic E-state index is 0.636. The molecule has 0 aromatic carbocycles. The van der Waals surface area contributed by atoms with Crippen LogP contribution in [-0.4, -0.2) is 36.8 Å². The summed E-state index contributed by atoms with van der Waals surface area (Å²) in [6, 6.07) is 0.636. The zero-order chi connectivity index (χ0) is 8.32. The summed E-state index contributed by atoms with van der Waals surface area (Å²) in [6.45, 7) is 12.3. The summed E-state index contributed by atoms with van der Waals surface area (Å²) < 4.78 is 6.33. The molecule has 2 nitrogen and oxygen atoms in total. The number of ether oxygens (including phenoxy) is 1. The van der Waals surface area contributed by atoms with E-state index in [1.54, 1.807) is 0 Å². The van der Waals surface area contributed by atoms with Crippen molar-refractivity contribution < 1.29 is 9.22 Å². The van der Waals surface area contributed by atoms with Crippen LogP contribution < -0.4 is 0 Å². The molecule has 64 valence electrons. The van der Waals surface area contributed by atoms with Gasteiger partial charge in [0.05, 0.1) is 25.5 Å². The molecule has 0 atom stereocenters. The van der Waals surface area contributed by atoms with Crippen LogP contribution in [0.15, 0.2) is 12.8 Å². The Morgan fingerprint density at radius 2 is 1.91 bits per heavy atom. The van der Waals surface area contributed by atoms with Gasteiger partial charge < -0.3 is 4.74 Å². The normalized spacial score (nSPS) is 23.5. The van der Waals surface area contributed by atoms with Crippen molar-refractivity contribution in [1.29, 1.82) is 0 Å². The van der Waals surface area contributed by atoms with Crippen molar-refractivity contribution in [3.8, 4) is 0 Å². The maximum Gasteiger partial charge on any atom is 0.107 e. The van der Waals surface area contributed by atoms with E-state index < -0.39 is 0 Å². The van der Waals surface area contributed by atoms with Gasteiger partial charge in [0.1, 0.15) is 13.1 Å².